The van der Waals surface area contributed by atoms with Crippen LogP contribution in [-0.4, -0.2) is 41.9 Å². The van der Waals surface area contributed by atoms with Gasteiger partial charge in [0.25, 0.3) is 5.91 Å². The van der Waals surface area contributed by atoms with Crippen molar-refractivity contribution in [3.8, 4) is 0 Å². The zero-order valence-corrected chi connectivity index (χ0v) is 14.3. The second-order valence-electron chi connectivity index (χ2n) is 5.28. The van der Waals surface area contributed by atoms with Gasteiger partial charge in [0.05, 0.1) is 4.34 Å². The molecule has 0 bridgehead atoms. The fraction of sp³-hybridized carbons (Fsp3) is 0.312. The van der Waals surface area contributed by atoms with Crippen LogP contribution in [0.25, 0.3) is 0 Å². The molecule has 3 rings (SSSR count). The zero-order valence-electron chi connectivity index (χ0n) is 12.0. The fourth-order valence-corrected chi connectivity index (χ4v) is 3.89. The minimum Gasteiger partial charge on any atom is -0.336 e. The molecule has 0 aliphatic carbocycles. The summed E-state index contributed by atoms with van der Waals surface area (Å²) >= 11 is 13.5. The molecule has 0 radical (unpaired) electrons. The van der Waals surface area contributed by atoms with Crippen molar-refractivity contribution in [2.24, 2.45) is 0 Å². The Kier molecular flexibility index (Phi) is 5.03. The first-order valence-corrected chi connectivity index (χ1v) is 8.70. The molecule has 0 atom stereocenters. The SMILES string of the molecule is O=C(c1cccc(Cl)c1)N1CCN(Cc2ccc(Cl)s2)CC1. The van der Waals surface area contributed by atoms with Gasteiger partial charge in [-0.2, -0.15) is 0 Å². The lowest BCUT2D eigenvalue weighted by atomic mass is 10.2. The minimum absolute atomic E-state index is 0.0568. The van der Waals surface area contributed by atoms with E-state index < -0.39 is 0 Å². The van der Waals surface area contributed by atoms with Crippen molar-refractivity contribution in [3.63, 3.8) is 0 Å². The van der Waals surface area contributed by atoms with Crippen LogP contribution >= 0.6 is 34.5 Å². The third-order valence-corrected chi connectivity index (χ3v) is 5.19. The quantitative estimate of drug-likeness (QED) is 0.831. The number of benzene rings is 1. The predicted octanol–water partition coefficient (Wildman–Crippen LogP) is 4.01. The van der Waals surface area contributed by atoms with Crippen molar-refractivity contribution in [1.82, 2.24) is 9.80 Å². The third-order valence-electron chi connectivity index (χ3n) is 3.74. The number of thiophene rings is 1. The smallest absolute Gasteiger partial charge is 0.253 e. The fourth-order valence-electron chi connectivity index (χ4n) is 2.57. The summed E-state index contributed by atoms with van der Waals surface area (Å²) in [6, 6.07) is 11.1. The van der Waals surface area contributed by atoms with Crippen molar-refractivity contribution in [2.75, 3.05) is 26.2 Å². The standard InChI is InChI=1S/C16H16Cl2N2OS/c17-13-3-1-2-12(10-13)16(21)20-8-6-19(7-9-20)11-14-4-5-15(18)22-14/h1-5,10H,6-9,11H2. The van der Waals surface area contributed by atoms with E-state index in [4.69, 9.17) is 23.2 Å². The number of rotatable bonds is 3. The number of amides is 1. The predicted molar refractivity (Wildman–Crippen MR) is 92.0 cm³/mol. The summed E-state index contributed by atoms with van der Waals surface area (Å²) in [4.78, 5) is 18.0. The molecule has 0 saturated carbocycles. The summed E-state index contributed by atoms with van der Waals surface area (Å²) in [5, 5.41) is 0.596. The second-order valence-corrected chi connectivity index (χ2v) is 7.52. The maximum absolute atomic E-state index is 12.5. The lowest BCUT2D eigenvalue weighted by molar-refractivity contribution is 0.0629. The highest BCUT2D eigenvalue weighted by Crippen LogP contribution is 2.23. The monoisotopic (exact) mass is 354 g/mol. The van der Waals surface area contributed by atoms with Crippen molar-refractivity contribution in [2.45, 2.75) is 6.54 Å². The summed E-state index contributed by atoms with van der Waals surface area (Å²) in [5.74, 6) is 0.0568. The molecule has 0 unspecified atom stereocenters. The van der Waals surface area contributed by atoms with Crippen molar-refractivity contribution < 1.29 is 4.79 Å². The molecule has 1 aliphatic heterocycles. The Hall–Kier alpha value is -1.07. The van der Waals surface area contributed by atoms with Gasteiger partial charge in [0, 0.05) is 48.2 Å². The normalized spacial score (nSPS) is 16.0. The maximum atomic E-state index is 12.5. The van der Waals surface area contributed by atoms with Crippen LogP contribution in [-0.2, 0) is 6.54 Å². The molecule has 1 amide bonds. The summed E-state index contributed by atoms with van der Waals surface area (Å²) in [6.45, 7) is 4.13. The lowest BCUT2D eigenvalue weighted by Gasteiger charge is -2.34. The second kappa shape index (κ2) is 7.01. The Morgan fingerprint density at radius 3 is 2.50 bits per heavy atom. The highest BCUT2D eigenvalue weighted by Gasteiger charge is 2.22. The lowest BCUT2D eigenvalue weighted by Crippen LogP contribution is -2.48. The summed E-state index contributed by atoms with van der Waals surface area (Å²) < 4.78 is 0.824. The summed E-state index contributed by atoms with van der Waals surface area (Å²) in [6.07, 6.45) is 0. The molecule has 2 aromatic rings. The minimum atomic E-state index is 0.0568. The van der Waals surface area contributed by atoms with Gasteiger partial charge in [-0.3, -0.25) is 9.69 Å². The van der Waals surface area contributed by atoms with E-state index in [2.05, 4.69) is 11.0 Å². The molecule has 6 heteroatoms. The zero-order chi connectivity index (χ0) is 15.5. The molecule has 1 aliphatic rings. The molecular formula is C16H16Cl2N2OS. The van der Waals surface area contributed by atoms with Gasteiger partial charge in [0.1, 0.15) is 0 Å². The Morgan fingerprint density at radius 1 is 1.09 bits per heavy atom. The highest BCUT2D eigenvalue weighted by molar-refractivity contribution is 7.16. The number of carbonyl (C=O) groups is 1. The summed E-state index contributed by atoms with van der Waals surface area (Å²) in [7, 11) is 0. The van der Waals surface area contributed by atoms with E-state index in [9.17, 15) is 4.79 Å². The number of carbonyl (C=O) groups excluding carboxylic acids is 1. The van der Waals surface area contributed by atoms with Crippen molar-refractivity contribution >= 4 is 40.4 Å². The molecule has 2 heterocycles. The Labute approximate surface area is 144 Å². The van der Waals surface area contributed by atoms with E-state index in [0.717, 1.165) is 37.1 Å². The first kappa shape index (κ1) is 15.8. The van der Waals surface area contributed by atoms with Gasteiger partial charge in [-0.1, -0.05) is 29.3 Å². The van der Waals surface area contributed by atoms with Crippen molar-refractivity contribution in [3.05, 3.63) is 56.2 Å². The molecule has 3 nitrogen and oxygen atoms in total. The largest absolute Gasteiger partial charge is 0.336 e. The number of hydrogen-bond donors (Lipinski definition) is 0. The van der Waals surface area contributed by atoms with Gasteiger partial charge < -0.3 is 4.90 Å². The topological polar surface area (TPSA) is 23.6 Å². The molecule has 1 fully saturated rings. The van der Waals surface area contributed by atoms with Crippen LogP contribution in [0.15, 0.2) is 36.4 Å². The Morgan fingerprint density at radius 2 is 1.86 bits per heavy atom. The first-order chi connectivity index (χ1) is 10.6. The Balaban J connectivity index is 1.56. The van der Waals surface area contributed by atoms with E-state index in [-0.39, 0.29) is 5.91 Å². The van der Waals surface area contributed by atoms with Gasteiger partial charge in [-0.25, -0.2) is 0 Å². The number of piperazine rings is 1. The van der Waals surface area contributed by atoms with E-state index >= 15 is 0 Å². The highest BCUT2D eigenvalue weighted by atomic mass is 35.5. The number of hydrogen-bond acceptors (Lipinski definition) is 3. The molecule has 1 saturated heterocycles. The van der Waals surface area contributed by atoms with Gasteiger partial charge in [-0.05, 0) is 30.3 Å². The molecule has 0 spiro atoms. The van der Waals surface area contributed by atoms with Gasteiger partial charge in [-0.15, -0.1) is 11.3 Å². The molecule has 0 N–H and O–H groups in total. The van der Waals surface area contributed by atoms with E-state index in [1.165, 1.54) is 4.88 Å². The number of nitrogens with zero attached hydrogens (tertiary/aromatic N) is 2. The van der Waals surface area contributed by atoms with E-state index in [1.807, 2.05) is 23.1 Å². The molecule has 116 valence electrons. The van der Waals surface area contributed by atoms with Crippen LogP contribution in [0, 0.1) is 0 Å². The average molecular weight is 355 g/mol. The van der Waals surface area contributed by atoms with Crippen LogP contribution in [0.1, 0.15) is 15.2 Å². The molecule has 22 heavy (non-hydrogen) atoms. The van der Waals surface area contributed by atoms with Gasteiger partial charge in [0.15, 0.2) is 0 Å². The maximum Gasteiger partial charge on any atom is 0.253 e. The average Bonchev–Trinajstić information content (AvgIpc) is 2.92. The molecule has 1 aromatic carbocycles. The van der Waals surface area contributed by atoms with E-state index in [0.29, 0.717) is 10.6 Å². The van der Waals surface area contributed by atoms with Crippen LogP contribution in [0.5, 0.6) is 0 Å². The number of halogens is 2. The van der Waals surface area contributed by atoms with Crippen LogP contribution < -0.4 is 0 Å². The van der Waals surface area contributed by atoms with Gasteiger partial charge >= 0.3 is 0 Å². The van der Waals surface area contributed by atoms with Crippen LogP contribution in [0.4, 0.5) is 0 Å². The van der Waals surface area contributed by atoms with Crippen LogP contribution in [0.2, 0.25) is 9.36 Å². The first-order valence-electron chi connectivity index (χ1n) is 7.13. The molecule has 1 aromatic heterocycles. The van der Waals surface area contributed by atoms with E-state index in [1.54, 1.807) is 23.5 Å². The van der Waals surface area contributed by atoms with Crippen LogP contribution in [0.3, 0.4) is 0 Å². The summed E-state index contributed by atoms with van der Waals surface area (Å²) in [5.41, 5.74) is 0.658. The Bertz CT molecular complexity index is 666. The van der Waals surface area contributed by atoms with Gasteiger partial charge in [0.2, 0.25) is 0 Å². The molecular weight excluding hydrogens is 339 g/mol. The third kappa shape index (κ3) is 3.82. The van der Waals surface area contributed by atoms with Crippen molar-refractivity contribution in [1.29, 1.82) is 0 Å².